The summed E-state index contributed by atoms with van der Waals surface area (Å²) in [7, 11) is -3.16. The molecule has 2 aliphatic rings. The summed E-state index contributed by atoms with van der Waals surface area (Å²) in [5.74, 6) is 0.710. The number of hydrogen-bond donors (Lipinski definition) is 2. The molecule has 1 fully saturated rings. The van der Waals surface area contributed by atoms with Crippen molar-refractivity contribution in [3.05, 3.63) is 12.2 Å². The number of aliphatic hydroxyl groups excluding tert-OH is 1. The van der Waals surface area contributed by atoms with Crippen molar-refractivity contribution in [1.82, 2.24) is 4.72 Å². The van der Waals surface area contributed by atoms with Gasteiger partial charge in [-0.05, 0) is 25.2 Å². The molecule has 0 unspecified atom stereocenters. The first-order chi connectivity index (χ1) is 8.09. The maximum absolute atomic E-state index is 11.9. The van der Waals surface area contributed by atoms with Crippen molar-refractivity contribution in [2.24, 2.45) is 11.8 Å². The van der Waals surface area contributed by atoms with Crippen LogP contribution in [0.15, 0.2) is 12.2 Å². The van der Waals surface area contributed by atoms with Crippen molar-refractivity contribution in [1.29, 1.82) is 0 Å². The molecule has 0 aromatic rings. The zero-order chi connectivity index (χ0) is 12.3. The molecule has 98 valence electrons. The van der Waals surface area contributed by atoms with Crippen LogP contribution in [0.2, 0.25) is 0 Å². The summed E-state index contributed by atoms with van der Waals surface area (Å²) >= 11 is 0. The van der Waals surface area contributed by atoms with E-state index < -0.39 is 10.0 Å². The minimum absolute atomic E-state index is 0.0946. The van der Waals surface area contributed by atoms with Gasteiger partial charge in [0, 0.05) is 18.6 Å². The van der Waals surface area contributed by atoms with Crippen LogP contribution in [0.3, 0.4) is 0 Å². The van der Waals surface area contributed by atoms with Crippen LogP contribution in [-0.2, 0) is 10.0 Å². The predicted octanol–water partition coefficient (Wildman–Crippen LogP) is 1.03. The van der Waals surface area contributed by atoms with Crippen molar-refractivity contribution in [3.63, 3.8) is 0 Å². The molecule has 2 aliphatic carbocycles. The normalized spacial score (nSPS) is 30.2. The number of sulfonamides is 1. The van der Waals surface area contributed by atoms with Crippen LogP contribution in [0.25, 0.3) is 0 Å². The molecule has 17 heavy (non-hydrogen) atoms. The Morgan fingerprint density at radius 1 is 1.24 bits per heavy atom. The first kappa shape index (κ1) is 13.1. The Bertz CT molecular complexity index is 371. The van der Waals surface area contributed by atoms with E-state index >= 15 is 0 Å². The van der Waals surface area contributed by atoms with E-state index in [1.807, 2.05) is 12.2 Å². The van der Waals surface area contributed by atoms with Gasteiger partial charge in [-0.15, -0.1) is 0 Å². The molecule has 0 amide bonds. The summed E-state index contributed by atoms with van der Waals surface area (Å²) in [6, 6.07) is -0.126. The summed E-state index contributed by atoms with van der Waals surface area (Å²) in [6.07, 6.45) is 8.84. The van der Waals surface area contributed by atoms with Gasteiger partial charge in [0.25, 0.3) is 0 Å². The third kappa shape index (κ3) is 3.79. The molecule has 0 aliphatic heterocycles. The lowest BCUT2D eigenvalue weighted by molar-refractivity contribution is 0.248. The van der Waals surface area contributed by atoms with Crippen LogP contribution in [0.5, 0.6) is 0 Å². The molecule has 0 aromatic carbocycles. The summed E-state index contributed by atoms with van der Waals surface area (Å²) in [4.78, 5) is 0. The Morgan fingerprint density at radius 3 is 2.53 bits per heavy atom. The highest BCUT2D eigenvalue weighted by molar-refractivity contribution is 7.89. The van der Waals surface area contributed by atoms with Gasteiger partial charge in [0.15, 0.2) is 0 Å². The van der Waals surface area contributed by atoms with Crippen molar-refractivity contribution in [2.75, 3.05) is 12.4 Å². The highest BCUT2D eigenvalue weighted by Crippen LogP contribution is 2.26. The molecule has 2 N–H and O–H groups in total. The summed E-state index contributed by atoms with van der Waals surface area (Å²) in [5, 5.41) is 8.98. The first-order valence-corrected chi connectivity index (χ1v) is 8.03. The van der Waals surface area contributed by atoms with Gasteiger partial charge in [-0.3, -0.25) is 0 Å². The van der Waals surface area contributed by atoms with E-state index in [4.69, 9.17) is 5.11 Å². The second kappa shape index (κ2) is 5.50. The predicted molar refractivity (Wildman–Crippen MR) is 67.0 cm³/mol. The largest absolute Gasteiger partial charge is 0.396 e. The second-order valence-corrected chi connectivity index (χ2v) is 7.02. The van der Waals surface area contributed by atoms with Crippen LogP contribution in [0, 0.1) is 11.8 Å². The lowest BCUT2D eigenvalue weighted by atomic mass is 10.1. The maximum Gasteiger partial charge on any atom is 0.212 e. The van der Waals surface area contributed by atoms with Crippen LogP contribution in [0.1, 0.15) is 32.1 Å². The number of nitrogens with one attached hydrogen (secondary N) is 1. The molecule has 0 heterocycles. The van der Waals surface area contributed by atoms with Gasteiger partial charge in [0.2, 0.25) is 10.0 Å². The van der Waals surface area contributed by atoms with Crippen LogP contribution >= 0.6 is 0 Å². The molecule has 4 nitrogen and oxygen atoms in total. The Labute approximate surface area is 103 Å². The van der Waals surface area contributed by atoms with E-state index in [-0.39, 0.29) is 24.3 Å². The fraction of sp³-hybridized carbons (Fsp3) is 0.833. The number of rotatable bonds is 5. The van der Waals surface area contributed by atoms with Crippen molar-refractivity contribution in [3.8, 4) is 0 Å². The van der Waals surface area contributed by atoms with Crippen molar-refractivity contribution < 1.29 is 13.5 Å². The summed E-state index contributed by atoms with van der Waals surface area (Å²) in [5.41, 5.74) is 0. The average Bonchev–Trinajstić information content (AvgIpc) is 2.88. The minimum atomic E-state index is -3.16. The third-order valence-electron chi connectivity index (χ3n) is 3.67. The standard InChI is InChI=1S/C12H21NO3S/c14-8-11-5-6-12(7-11)13-17(15,16)9-10-3-1-2-4-10/h5-6,10-14H,1-4,7-9H2/t11-,12+/m0/s1. The summed E-state index contributed by atoms with van der Waals surface area (Å²) < 4.78 is 26.6. The Kier molecular flexibility index (Phi) is 4.22. The Balaban J connectivity index is 1.83. The highest BCUT2D eigenvalue weighted by Gasteiger charge is 2.26. The second-order valence-electron chi connectivity index (χ2n) is 5.22. The number of aliphatic hydroxyl groups is 1. The van der Waals surface area contributed by atoms with Gasteiger partial charge < -0.3 is 5.11 Å². The van der Waals surface area contributed by atoms with E-state index in [9.17, 15) is 8.42 Å². The number of hydrogen-bond acceptors (Lipinski definition) is 3. The molecule has 0 bridgehead atoms. The fourth-order valence-electron chi connectivity index (χ4n) is 2.76. The smallest absolute Gasteiger partial charge is 0.212 e. The molecule has 0 aromatic heterocycles. The molecule has 2 rings (SSSR count). The molecule has 0 saturated heterocycles. The maximum atomic E-state index is 11.9. The molecule has 0 radical (unpaired) electrons. The van der Waals surface area contributed by atoms with Gasteiger partial charge in [-0.25, -0.2) is 13.1 Å². The average molecular weight is 259 g/mol. The minimum Gasteiger partial charge on any atom is -0.396 e. The Morgan fingerprint density at radius 2 is 1.94 bits per heavy atom. The van der Waals surface area contributed by atoms with E-state index in [2.05, 4.69) is 4.72 Å². The van der Waals surface area contributed by atoms with Crippen LogP contribution in [0.4, 0.5) is 0 Å². The molecule has 2 atom stereocenters. The molecule has 5 heteroatoms. The molecular weight excluding hydrogens is 238 g/mol. The SMILES string of the molecule is O=S(=O)(CC1CCCC1)N[C@@H]1C=C[C@H](CO)C1. The third-order valence-corrected chi connectivity index (χ3v) is 5.24. The van der Waals surface area contributed by atoms with Gasteiger partial charge in [0.1, 0.15) is 0 Å². The van der Waals surface area contributed by atoms with Crippen LogP contribution < -0.4 is 4.72 Å². The van der Waals surface area contributed by atoms with E-state index in [1.165, 1.54) is 0 Å². The van der Waals surface area contributed by atoms with E-state index in [0.29, 0.717) is 12.3 Å². The zero-order valence-electron chi connectivity index (χ0n) is 10.0. The first-order valence-electron chi connectivity index (χ1n) is 6.38. The van der Waals surface area contributed by atoms with Crippen molar-refractivity contribution in [2.45, 2.75) is 38.1 Å². The lowest BCUT2D eigenvalue weighted by Gasteiger charge is -2.15. The van der Waals surface area contributed by atoms with Crippen molar-refractivity contribution >= 4 is 10.0 Å². The van der Waals surface area contributed by atoms with Gasteiger partial charge in [-0.1, -0.05) is 25.0 Å². The highest BCUT2D eigenvalue weighted by atomic mass is 32.2. The molecular formula is C12H21NO3S. The van der Waals surface area contributed by atoms with E-state index in [0.717, 1.165) is 25.7 Å². The topological polar surface area (TPSA) is 66.4 Å². The molecule has 0 spiro atoms. The van der Waals surface area contributed by atoms with Gasteiger partial charge in [0.05, 0.1) is 5.75 Å². The summed E-state index contributed by atoms with van der Waals surface area (Å²) in [6.45, 7) is 0.0946. The molecule has 1 saturated carbocycles. The zero-order valence-corrected chi connectivity index (χ0v) is 10.8. The van der Waals surface area contributed by atoms with E-state index in [1.54, 1.807) is 0 Å². The lowest BCUT2D eigenvalue weighted by Crippen LogP contribution is -2.36. The Hall–Kier alpha value is -0.390. The fourth-order valence-corrected chi connectivity index (χ4v) is 4.45. The van der Waals surface area contributed by atoms with Gasteiger partial charge in [-0.2, -0.15) is 0 Å². The van der Waals surface area contributed by atoms with Gasteiger partial charge >= 0.3 is 0 Å². The van der Waals surface area contributed by atoms with Crippen LogP contribution in [-0.4, -0.2) is 31.9 Å². The quantitative estimate of drug-likeness (QED) is 0.725. The monoisotopic (exact) mass is 259 g/mol.